The standard InChI is InChI=1S/C30H31FN6O3/c1-20(21-7-5-8-22(17-21)39-2)37-27-11-4-3-10-24(27)35-28(37)12-15-32-16-13-29-36-26(19-40-29)30(38)34-18-25-23(31)9-6-14-33-25/h3-11,14,17,19-20,32H,12-13,15-16,18H2,1-2H3,(H,34,38). The van der Waals surface area contributed by atoms with Crippen LogP contribution in [-0.4, -0.2) is 45.6 Å². The van der Waals surface area contributed by atoms with Gasteiger partial charge >= 0.3 is 0 Å². The molecule has 1 unspecified atom stereocenters. The van der Waals surface area contributed by atoms with Gasteiger partial charge in [-0.05, 0) is 48.9 Å². The molecule has 0 saturated heterocycles. The number of benzene rings is 2. The van der Waals surface area contributed by atoms with Gasteiger partial charge in [0, 0.05) is 32.1 Å². The number of nitrogens with one attached hydrogen (secondary N) is 2. The summed E-state index contributed by atoms with van der Waals surface area (Å²) in [5, 5.41) is 6.03. The average Bonchev–Trinajstić information content (AvgIpc) is 3.61. The van der Waals surface area contributed by atoms with Crippen molar-refractivity contribution in [2.45, 2.75) is 32.4 Å². The predicted molar refractivity (Wildman–Crippen MR) is 149 cm³/mol. The van der Waals surface area contributed by atoms with Crippen LogP contribution < -0.4 is 15.4 Å². The zero-order valence-corrected chi connectivity index (χ0v) is 22.4. The lowest BCUT2D eigenvalue weighted by Crippen LogP contribution is -2.24. The zero-order valence-electron chi connectivity index (χ0n) is 22.4. The van der Waals surface area contributed by atoms with E-state index < -0.39 is 11.7 Å². The lowest BCUT2D eigenvalue weighted by Gasteiger charge is -2.19. The minimum Gasteiger partial charge on any atom is -0.497 e. The molecule has 0 radical (unpaired) electrons. The highest BCUT2D eigenvalue weighted by Gasteiger charge is 2.18. The quantitative estimate of drug-likeness (QED) is 0.224. The van der Waals surface area contributed by atoms with E-state index in [4.69, 9.17) is 14.1 Å². The molecular weight excluding hydrogens is 511 g/mol. The number of hydrogen-bond acceptors (Lipinski definition) is 7. The van der Waals surface area contributed by atoms with Gasteiger partial charge in [0.2, 0.25) is 0 Å². The Bertz CT molecular complexity index is 1600. The van der Waals surface area contributed by atoms with Crippen LogP contribution in [0.2, 0.25) is 0 Å². The number of carbonyl (C=O) groups excluding carboxylic acids is 1. The number of hydrogen-bond donors (Lipinski definition) is 2. The number of carbonyl (C=O) groups is 1. The molecule has 1 amide bonds. The van der Waals surface area contributed by atoms with Crippen LogP contribution in [0.15, 0.2) is 77.5 Å². The first-order chi connectivity index (χ1) is 19.5. The topological polar surface area (TPSA) is 107 Å². The maximum Gasteiger partial charge on any atom is 0.273 e. The summed E-state index contributed by atoms with van der Waals surface area (Å²) in [7, 11) is 1.67. The second kappa shape index (κ2) is 12.5. The van der Waals surface area contributed by atoms with Crippen molar-refractivity contribution < 1.29 is 18.3 Å². The number of rotatable bonds is 12. The molecule has 3 heterocycles. The Balaban J connectivity index is 1.16. The van der Waals surface area contributed by atoms with Gasteiger partial charge in [0.05, 0.1) is 36.4 Å². The van der Waals surface area contributed by atoms with E-state index in [1.807, 2.05) is 30.3 Å². The van der Waals surface area contributed by atoms with Crippen molar-refractivity contribution in [1.29, 1.82) is 0 Å². The highest BCUT2D eigenvalue weighted by atomic mass is 19.1. The highest BCUT2D eigenvalue weighted by molar-refractivity contribution is 5.91. The summed E-state index contributed by atoms with van der Waals surface area (Å²) in [4.78, 5) is 25.5. The summed E-state index contributed by atoms with van der Waals surface area (Å²) in [6.07, 6.45) is 4.02. The van der Waals surface area contributed by atoms with E-state index in [9.17, 15) is 9.18 Å². The van der Waals surface area contributed by atoms with Crippen LogP contribution in [0, 0.1) is 5.82 Å². The summed E-state index contributed by atoms with van der Waals surface area (Å²) < 4.78 is 26.9. The Morgan fingerprint density at radius 3 is 2.77 bits per heavy atom. The molecule has 40 heavy (non-hydrogen) atoms. The van der Waals surface area contributed by atoms with Crippen LogP contribution in [0.25, 0.3) is 11.0 Å². The van der Waals surface area contributed by atoms with Gasteiger partial charge in [-0.2, -0.15) is 0 Å². The van der Waals surface area contributed by atoms with Crippen LogP contribution in [0.3, 0.4) is 0 Å². The van der Waals surface area contributed by atoms with Crippen LogP contribution in [0.4, 0.5) is 4.39 Å². The molecule has 9 nitrogen and oxygen atoms in total. The molecular formula is C30H31FN6O3. The summed E-state index contributed by atoms with van der Waals surface area (Å²) in [6.45, 7) is 3.46. The van der Waals surface area contributed by atoms with Crippen LogP contribution >= 0.6 is 0 Å². The van der Waals surface area contributed by atoms with E-state index in [1.165, 1.54) is 24.6 Å². The molecule has 0 aliphatic heterocycles. The van der Waals surface area contributed by atoms with Gasteiger partial charge in [-0.3, -0.25) is 9.78 Å². The Morgan fingerprint density at radius 2 is 1.93 bits per heavy atom. The number of pyridine rings is 1. The number of nitrogens with zero attached hydrogens (tertiary/aromatic N) is 4. The zero-order chi connectivity index (χ0) is 27.9. The minimum atomic E-state index is -0.472. The average molecular weight is 543 g/mol. The highest BCUT2D eigenvalue weighted by Crippen LogP contribution is 2.28. The summed E-state index contributed by atoms with van der Waals surface area (Å²) in [5.41, 5.74) is 3.50. The smallest absolute Gasteiger partial charge is 0.273 e. The molecule has 0 aliphatic rings. The molecule has 10 heteroatoms. The molecule has 2 N–H and O–H groups in total. The van der Waals surface area contributed by atoms with E-state index in [0.29, 0.717) is 25.4 Å². The maximum atomic E-state index is 13.7. The molecule has 3 aromatic heterocycles. The van der Waals surface area contributed by atoms with E-state index in [1.54, 1.807) is 7.11 Å². The number of halogens is 1. The van der Waals surface area contributed by atoms with Crippen molar-refractivity contribution in [3.05, 3.63) is 108 Å². The number of para-hydroxylation sites is 2. The van der Waals surface area contributed by atoms with Gasteiger partial charge < -0.3 is 24.4 Å². The molecule has 0 fully saturated rings. The summed E-state index contributed by atoms with van der Waals surface area (Å²) in [5.74, 6) is 1.34. The summed E-state index contributed by atoms with van der Waals surface area (Å²) in [6, 6.07) is 19.1. The fourth-order valence-electron chi connectivity index (χ4n) is 4.61. The number of fused-ring (bicyclic) bond motifs is 1. The Hall–Kier alpha value is -4.57. The first-order valence-corrected chi connectivity index (χ1v) is 13.2. The SMILES string of the molecule is COc1cccc(C(C)n2c(CCNCCc3nc(C(=O)NCc4ncccc4F)co3)nc3ccccc32)c1. The van der Waals surface area contributed by atoms with Gasteiger partial charge in [0.25, 0.3) is 5.91 Å². The lowest BCUT2D eigenvalue weighted by atomic mass is 10.1. The van der Waals surface area contributed by atoms with Crippen LogP contribution in [-0.2, 0) is 19.4 Å². The first kappa shape index (κ1) is 27.0. The number of oxazole rings is 1. The second-order valence-corrected chi connectivity index (χ2v) is 9.33. The van der Waals surface area contributed by atoms with Crippen molar-refractivity contribution in [3.63, 3.8) is 0 Å². The van der Waals surface area contributed by atoms with Crippen molar-refractivity contribution in [2.24, 2.45) is 0 Å². The fraction of sp³-hybridized carbons (Fsp3) is 0.267. The maximum absolute atomic E-state index is 13.7. The molecule has 0 spiro atoms. The second-order valence-electron chi connectivity index (χ2n) is 9.33. The number of methoxy groups -OCH3 is 1. The molecule has 0 saturated carbocycles. The third-order valence-electron chi connectivity index (χ3n) is 6.71. The third-order valence-corrected chi connectivity index (χ3v) is 6.71. The molecule has 0 aliphatic carbocycles. The number of amides is 1. The molecule has 2 aromatic carbocycles. The van der Waals surface area contributed by atoms with E-state index >= 15 is 0 Å². The Labute approximate surface area is 231 Å². The van der Waals surface area contributed by atoms with Crippen LogP contribution in [0.1, 0.15) is 46.4 Å². The normalized spacial score (nSPS) is 12.0. The number of ether oxygens (including phenoxy) is 1. The lowest BCUT2D eigenvalue weighted by molar-refractivity contribution is 0.0945. The largest absolute Gasteiger partial charge is 0.497 e. The van der Waals surface area contributed by atoms with Gasteiger partial charge in [0.15, 0.2) is 11.6 Å². The number of aromatic nitrogens is 4. The van der Waals surface area contributed by atoms with Crippen molar-refractivity contribution in [2.75, 3.05) is 20.2 Å². The van der Waals surface area contributed by atoms with Crippen LogP contribution in [0.5, 0.6) is 5.75 Å². The Morgan fingerprint density at radius 1 is 1.07 bits per heavy atom. The molecule has 5 rings (SSSR count). The molecule has 5 aromatic rings. The number of imidazole rings is 1. The monoisotopic (exact) mass is 542 g/mol. The first-order valence-electron chi connectivity index (χ1n) is 13.2. The third kappa shape index (κ3) is 6.18. The predicted octanol–water partition coefficient (Wildman–Crippen LogP) is 4.48. The minimum absolute atomic E-state index is 0.0313. The summed E-state index contributed by atoms with van der Waals surface area (Å²) >= 11 is 0. The van der Waals surface area contributed by atoms with E-state index in [0.717, 1.165) is 34.6 Å². The van der Waals surface area contributed by atoms with Gasteiger partial charge in [0.1, 0.15) is 23.7 Å². The van der Waals surface area contributed by atoms with E-state index in [-0.39, 0.29) is 24.0 Å². The van der Waals surface area contributed by atoms with E-state index in [2.05, 4.69) is 50.3 Å². The van der Waals surface area contributed by atoms with Crippen molar-refractivity contribution in [1.82, 2.24) is 30.2 Å². The van der Waals surface area contributed by atoms with Gasteiger partial charge in [-0.25, -0.2) is 14.4 Å². The molecule has 1 atom stereocenters. The van der Waals surface area contributed by atoms with Crippen molar-refractivity contribution in [3.8, 4) is 5.75 Å². The Kier molecular flexibility index (Phi) is 8.46. The fourth-order valence-corrected chi connectivity index (χ4v) is 4.61. The van der Waals surface area contributed by atoms with Gasteiger partial charge in [-0.1, -0.05) is 24.3 Å². The van der Waals surface area contributed by atoms with Gasteiger partial charge in [-0.15, -0.1) is 0 Å². The molecule has 206 valence electrons. The van der Waals surface area contributed by atoms with Crippen molar-refractivity contribution >= 4 is 16.9 Å². The molecule has 0 bridgehead atoms.